The van der Waals surface area contributed by atoms with Gasteiger partial charge in [0, 0.05) is 0 Å². The first-order valence-electron chi connectivity index (χ1n) is 7.41. The summed E-state index contributed by atoms with van der Waals surface area (Å²) in [6.07, 6.45) is 4.02. The largest absolute Gasteiger partial charge is 0.487 e. The van der Waals surface area contributed by atoms with E-state index in [4.69, 9.17) is 22.1 Å². The molecule has 1 aliphatic carbocycles. The van der Waals surface area contributed by atoms with Gasteiger partial charge in [-0.3, -0.25) is 0 Å². The minimum Gasteiger partial charge on any atom is -0.487 e. The monoisotopic (exact) mass is 301 g/mol. The van der Waals surface area contributed by atoms with Gasteiger partial charge >= 0.3 is 0 Å². The van der Waals surface area contributed by atoms with Gasteiger partial charge in [-0.2, -0.15) is 0 Å². The topological polar surface area (TPSA) is 35.2 Å². The summed E-state index contributed by atoms with van der Waals surface area (Å²) in [5, 5.41) is 0.501. The van der Waals surface area contributed by atoms with Crippen LogP contribution in [-0.2, 0) is 6.61 Å². The molecule has 0 atom stereocenters. The summed E-state index contributed by atoms with van der Waals surface area (Å²) < 4.78 is 5.79. The zero-order valence-electron chi connectivity index (χ0n) is 12.2. The third-order valence-corrected chi connectivity index (χ3v) is 4.70. The van der Waals surface area contributed by atoms with Crippen molar-refractivity contribution in [3.05, 3.63) is 58.1 Å². The molecule has 3 rings (SSSR count). The Hall–Kier alpha value is -1.67. The summed E-state index contributed by atoms with van der Waals surface area (Å²) in [4.78, 5) is 0. The second kappa shape index (κ2) is 5.98. The van der Waals surface area contributed by atoms with Crippen LogP contribution in [0.15, 0.2) is 36.4 Å². The Morgan fingerprint density at radius 1 is 1.14 bits per heavy atom. The van der Waals surface area contributed by atoms with E-state index >= 15 is 0 Å². The van der Waals surface area contributed by atoms with E-state index in [0.717, 1.165) is 17.0 Å². The predicted octanol–water partition coefficient (Wildman–Crippen LogP) is 5.08. The van der Waals surface area contributed by atoms with Crippen molar-refractivity contribution < 1.29 is 4.74 Å². The third-order valence-electron chi connectivity index (χ3n) is 4.31. The summed E-state index contributed by atoms with van der Waals surface area (Å²) in [6, 6.07) is 12.5. The van der Waals surface area contributed by atoms with E-state index in [2.05, 4.69) is 24.3 Å². The molecule has 2 N–H and O–H groups in total. The SMILES string of the molecule is Cc1ccc(OCc2ccc(C3CCC3)cc2)c(Cl)c1N. The Kier molecular flexibility index (Phi) is 4.07. The maximum atomic E-state index is 6.21. The van der Waals surface area contributed by atoms with Gasteiger partial charge < -0.3 is 10.5 Å². The van der Waals surface area contributed by atoms with Crippen LogP contribution in [0.25, 0.3) is 0 Å². The number of anilines is 1. The molecular formula is C18H20ClNO. The lowest BCUT2D eigenvalue weighted by atomic mass is 9.80. The molecule has 0 heterocycles. The number of nitrogen functional groups attached to an aromatic ring is 1. The predicted molar refractivity (Wildman–Crippen MR) is 88.0 cm³/mol. The van der Waals surface area contributed by atoms with Crippen LogP contribution in [0.1, 0.15) is 41.9 Å². The Morgan fingerprint density at radius 2 is 1.86 bits per heavy atom. The van der Waals surface area contributed by atoms with Crippen LogP contribution >= 0.6 is 11.6 Å². The maximum absolute atomic E-state index is 6.21. The lowest BCUT2D eigenvalue weighted by molar-refractivity contribution is 0.306. The van der Waals surface area contributed by atoms with Crippen molar-refractivity contribution in [2.24, 2.45) is 0 Å². The summed E-state index contributed by atoms with van der Waals surface area (Å²) >= 11 is 6.21. The molecule has 1 saturated carbocycles. The average molecular weight is 302 g/mol. The highest BCUT2D eigenvalue weighted by Gasteiger charge is 2.18. The minimum absolute atomic E-state index is 0.501. The first kappa shape index (κ1) is 14.3. The molecule has 2 aromatic rings. The van der Waals surface area contributed by atoms with Crippen molar-refractivity contribution in [3.63, 3.8) is 0 Å². The molecule has 0 aromatic heterocycles. The number of rotatable bonds is 4. The fraction of sp³-hybridized carbons (Fsp3) is 0.333. The second-order valence-electron chi connectivity index (χ2n) is 5.77. The van der Waals surface area contributed by atoms with E-state index in [1.54, 1.807) is 0 Å². The fourth-order valence-corrected chi connectivity index (χ4v) is 2.84. The van der Waals surface area contributed by atoms with Gasteiger partial charge in [-0.25, -0.2) is 0 Å². The van der Waals surface area contributed by atoms with Gasteiger partial charge in [-0.1, -0.05) is 48.4 Å². The molecule has 2 aromatic carbocycles. The summed E-state index contributed by atoms with van der Waals surface area (Å²) in [5.41, 5.74) is 10.1. The number of nitrogens with two attached hydrogens (primary N) is 1. The van der Waals surface area contributed by atoms with Crippen LogP contribution in [0.4, 0.5) is 5.69 Å². The van der Waals surface area contributed by atoms with Crippen LogP contribution in [0.2, 0.25) is 5.02 Å². The number of ether oxygens (including phenoxy) is 1. The molecule has 0 aliphatic heterocycles. The van der Waals surface area contributed by atoms with E-state index in [9.17, 15) is 0 Å². The van der Waals surface area contributed by atoms with E-state index in [1.165, 1.54) is 24.8 Å². The molecule has 21 heavy (non-hydrogen) atoms. The number of halogens is 1. The van der Waals surface area contributed by atoms with E-state index in [-0.39, 0.29) is 0 Å². The molecule has 0 radical (unpaired) electrons. The molecule has 0 amide bonds. The van der Waals surface area contributed by atoms with Crippen molar-refractivity contribution in [1.29, 1.82) is 0 Å². The van der Waals surface area contributed by atoms with Gasteiger partial charge in [-0.05, 0) is 48.4 Å². The summed E-state index contributed by atoms with van der Waals surface area (Å²) in [5.74, 6) is 1.41. The Bertz CT molecular complexity index is 632. The normalized spacial score (nSPS) is 14.8. The van der Waals surface area contributed by atoms with Gasteiger partial charge in [0.05, 0.1) is 5.69 Å². The van der Waals surface area contributed by atoms with Crippen molar-refractivity contribution >= 4 is 17.3 Å². The quantitative estimate of drug-likeness (QED) is 0.800. The molecule has 1 fully saturated rings. The van der Waals surface area contributed by atoms with E-state index in [1.807, 2.05) is 19.1 Å². The molecule has 2 nitrogen and oxygen atoms in total. The standard InChI is InChI=1S/C18H20ClNO/c1-12-5-10-16(17(19)18(12)20)21-11-13-6-8-15(9-7-13)14-3-2-4-14/h5-10,14H,2-4,11,20H2,1H3. The molecular weight excluding hydrogens is 282 g/mol. The highest BCUT2D eigenvalue weighted by atomic mass is 35.5. The van der Waals surface area contributed by atoms with Crippen LogP contribution in [-0.4, -0.2) is 0 Å². The first-order valence-corrected chi connectivity index (χ1v) is 7.79. The zero-order valence-corrected chi connectivity index (χ0v) is 13.0. The van der Waals surface area contributed by atoms with Gasteiger partial charge in [0.1, 0.15) is 17.4 Å². The van der Waals surface area contributed by atoms with E-state index < -0.39 is 0 Å². The highest BCUT2D eigenvalue weighted by Crippen LogP contribution is 2.36. The number of benzene rings is 2. The first-order chi connectivity index (χ1) is 10.1. The number of aryl methyl sites for hydroxylation is 1. The van der Waals surface area contributed by atoms with Gasteiger partial charge in [0.15, 0.2) is 0 Å². The highest BCUT2D eigenvalue weighted by molar-refractivity contribution is 6.34. The van der Waals surface area contributed by atoms with Gasteiger partial charge in [0.2, 0.25) is 0 Å². The number of hydrogen-bond acceptors (Lipinski definition) is 2. The van der Waals surface area contributed by atoms with Crippen molar-refractivity contribution in [2.75, 3.05) is 5.73 Å². The smallest absolute Gasteiger partial charge is 0.140 e. The van der Waals surface area contributed by atoms with Crippen molar-refractivity contribution in [2.45, 2.75) is 38.7 Å². The lowest BCUT2D eigenvalue weighted by Crippen LogP contribution is -2.08. The molecule has 0 spiro atoms. The second-order valence-corrected chi connectivity index (χ2v) is 6.14. The van der Waals surface area contributed by atoms with Crippen LogP contribution in [0.5, 0.6) is 5.75 Å². The zero-order chi connectivity index (χ0) is 14.8. The Balaban J connectivity index is 1.66. The fourth-order valence-electron chi connectivity index (χ4n) is 2.57. The lowest BCUT2D eigenvalue weighted by Gasteiger charge is -2.25. The number of hydrogen-bond donors (Lipinski definition) is 1. The molecule has 110 valence electrons. The minimum atomic E-state index is 0.501. The Morgan fingerprint density at radius 3 is 2.48 bits per heavy atom. The molecule has 0 bridgehead atoms. The molecule has 0 unspecified atom stereocenters. The summed E-state index contributed by atoms with van der Waals surface area (Å²) in [6.45, 7) is 2.44. The molecule has 0 saturated heterocycles. The van der Waals surface area contributed by atoms with Crippen LogP contribution < -0.4 is 10.5 Å². The van der Waals surface area contributed by atoms with Crippen molar-refractivity contribution in [1.82, 2.24) is 0 Å². The average Bonchev–Trinajstić information content (AvgIpc) is 2.44. The van der Waals surface area contributed by atoms with Crippen LogP contribution in [0.3, 0.4) is 0 Å². The van der Waals surface area contributed by atoms with E-state index in [0.29, 0.717) is 23.1 Å². The third kappa shape index (κ3) is 3.01. The van der Waals surface area contributed by atoms with Gasteiger partial charge in [0.25, 0.3) is 0 Å². The molecule has 3 heteroatoms. The summed E-state index contributed by atoms with van der Waals surface area (Å²) in [7, 11) is 0. The van der Waals surface area contributed by atoms with Gasteiger partial charge in [-0.15, -0.1) is 0 Å². The van der Waals surface area contributed by atoms with Crippen molar-refractivity contribution in [3.8, 4) is 5.75 Å². The molecule has 1 aliphatic rings. The Labute approximate surface area is 130 Å². The van der Waals surface area contributed by atoms with Crippen LogP contribution in [0, 0.1) is 6.92 Å². The maximum Gasteiger partial charge on any atom is 0.140 e.